The van der Waals surface area contributed by atoms with Crippen LogP contribution in [-0.2, 0) is 4.79 Å². The average molecular weight is 102 g/mol. The van der Waals surface area contributed by atoms with E-state index in [0.29, 0.717) is 5.75 Å². The highest BCUT2D eigenvalue weighted by Gasteiger charge is 2.06. The Hall–Kier alpha value is -0.180. The molecule has 0 unspecified atom stereocenters. The molecular formula is C3H4NOS. The van der Waals surface area contributed by atoms with Gasteiger partial charge in [0.15, 0.2) is 0 Å². The van der Waals surface area contributed by atoms with Gasteiger partial charge in [-0.2, -0.15) is 0 Å². The first-order valence-corrected chi connectivity index (χ1v) is 2.67. The van der Waals surface area contributed by atoms with Crippen LogP contribution in [0.15, 0.2) is 0 Å². The molecule has 0 bridgehead atoms. The Kier molecular flexibility index (Phi) is 1.01. The molecule has 1 fully saturated rings. The highest BCUT2D eigenvalue weighted by molar-refractivity contribution is 8.02. The molecule has 0 aromatic heterocycles. The zero-order valence-electron chi connectivity index (χ0n) is 3.10. The van der Waals surface area contributed by atoms with Gasteiger partial charge in [0.2, 0.25) is 5.91 Å². The minimum atomic E-state index is 0.111. The van der Waals surface area contributed by atoms with Crippen LogP contribution >= 0.6 is 11.8 Å². The minimum Gasteiger partial charge on any atom is -0.341 e. The zero-order valence-corrected chi connectivity index (χ0v) is 3.92. The molecule has 3 heteroatoms. The summed E-state index contributed by atoms with van der Waals surface area (Å²) in [5, 5.41) is 2.52. The maximum Gasteiger partial charge on any atom is 0.231 e. The monoisotopic (exact) mass is 102 g/mol. The maximum atomic E-state index is 10.1. The van der Waals surface area contributed by atoms with Crippen molar-refractivity contribution in [3.63, 3.8) is 0 Å². The molecule has 1 rings (SSSR count). The number of nitrogens with one attached hydrogen (secondary N) is 1. The molecule has 0 atom stereocenters. The third-order valence-corrected chi connectivity index (χ3v) is 1.23. The molecule has 1 amide bonds. The van der Waals surface area contributed by atoms with E-state index in [1.54, 1.807) is 5.88 Å². The van der Waals surface area contributed by atoms with Gasteiger partial charge in [0, 0.05) is 0 Å². The van der Waals surface area contributed by atoms with Crippen molar-refractivity contribution in [1.29, 1.82) is 0 Å². The SMILES string of the molecule is O=C1CS[CH]N1. The van der Waals surface area contributed by atoms with Crippen LogP contribution in [0.4, 0.5) is 0 Å². The van der Waals surface area contributed by atoms with E-state index in [-0.39, 0.29) is 5.91 Å². The van der Waals surface area contributed by atoms with E-state index in [1.807, 2.05) is 0 Å². The smallest absolute Gasteiger partial charge is 0.231 e. The van der Waals surface area contributed by atoms with Crippen LogP contribution in [0.3, 0.4) is 0 Å². The lowest BCUT2D eigenvalue weighted by atomic mass is 10.7. The van der Waals surface area contributed by atoms with E-state index in [2.05, 4.69) is 5.32 Å². The number of carbonyl (C=O) groups is 1. The second kappa shape index (κ2) is 1.51. The van der Waals surface area contributed by atoms with Gasteiger partial charge in [-0.05, 0) is 0 Å². The highest BCUT2D eigenvalue weighted by atomic mass is 32.2. The average Bonchev–Trinajstić information content (AvgIpc) is 1.86. The van der Waals surface area contributed by atoms with Gasteiger partial charge < -0.3 is 5.32 Å². The summed E-state index contributed by atoms with van der Waals surface area (Å²) in [5.41, 5.74) is 0. The fraction of sp³-hybridized carbons (Fsp3) is 0.333. The minimum absolute atomic E-state index is 0.111. The summed E-state index contributed by atoms with van der Waals surface area (Å²) in [6, 6.07) is 0. The van der Waals surface area contributed by atoms with Crippen LogP contribution < -0.4 is 5.32 Å². The van der Waals surface area contributed by atoms with Crippen molar-refractivity contribution in [3.8, 4) is 0 Å². The van der Waals surface area contributed by atoms with Crippen LogP contribution in [-0.4, -0.2) is 11.7 Å². The molecule has 1 aliphatic heterocycles. The summed E-state index contributed by atoms with van der Waals surface area (Å²) >= 11 is 1.50. The molecule has 0 aliphatic carbocycles. The van der Waals surface area contributed by atoms with E-state index < -0.39 is 0 Å². The van der Waals surface area contributed by atoms with Crippen molar-refractivity contribution >= 4 is 17.7 Å². The quantitative estimate of drug-likeness (QED) is 0.465. The van der Waals surface area contributed by atoms with Gasteiger partial charge >= 0.3 is 0 Å². The molecule has 1 N–H and O–H groups in total. The van der Waals surface area contributed by atoms with Crippen LogP contribution in [0.2, 0.25) is 0 Å². The Morgan fingerprint density at radius 2 is 2.83 bits per heavy atom. The number of hydrogen-bond donors (Lipinski definition) is 1. The van der Waals surface area contributed by atoms with Gasteiger partial charge in [0.25, 0.3) is 0 Å². The van der Waals surface area contributed by atoms with Crippen molar-refractivity contribution in [2.75, 3.05) is 5.75 Å². The molecule has 33 valence electrons. The van der Waals surface area contributed by atoms with E-state index in [0.717, 1.165) is 0 Å². The van der Waals surface area contributed by atoms with Crippen LogP contribution in [0, 0.1) is 5.88 Å². The number of carbonyl (C=O) groups excluding carboxylic acids is 1. The molecule has 2 nitrogen and oxygen atoms in total. The Morgan fingerprint density at radius 3 is 3.00 bits per heavy atom. The first kappa shape index (κ1) is 3.99. The predicted octanol–water partition coefficient (Wildman–Crippen LogP) is -0.0313. The molecule has 6 heavy (non-hydrogen) atoms. The normalized spacial score (nSPS) is 21.0. The summed E-state index contributed by atoms with van der Waals surface area (Å²) in [6.07, 6.45) is 0. The first-order valence-electron chi connectivity index (χ1n) is 1.62. The standard InChI is InChI=1S/C3H4NOS/c5-3-1-6-2-4-3/h2H,1H2,(H,4,5). The third kappa shape index (κ3) is 0.653. The molecule has 1 aliphatic rings. The zero-order chi connectivity index (χ0) is 4.41. The maximum absolute atomic E-state index is 10.1. The van der Waals surface area contributed by atoms with Gasteiger partial charge in [0.05, 0.1) is 5.75 Å². The molecule has 0 aromatic rings. The largest absolute Gasteiger partial charge is 0.341 e. The summed E-state index contributed by atoms with van der Waals surface area (Å²) < 4.78 is 0. The highest BCUT2D eigenvalue weighted by Crippen LogP contribution is 2.07. The molecule has 0 spiro atoms. The molecule has 1 saturated heterocycles. The number of hydrogen-bond acceptors (Lipinski definition) is 2. The van der Waals surface area contributed by atoms with Gasteiger partial charge in [-0.25, -0.2) is 0 Å². The fourth-order valence-electron chi connectivity index (χ4n) is 0.266. The second-order valence-corrected chi connectivity index (χ2v) is 1.85. The Balaban J connectivity index is 2.37. The molecule has 1 radical (unpaired) electrons. The van der Waals surface area contributed by atoms with Crippen LogP contribution in [0.25, 0.3) is 0 Å². The summed E-state index contributed by atoms with van der Waals surface area (Å²) in [6.45, 7) is 0. The lowest BCUT2D eigenvalue weighted by Gasteiger charge is -1.77. The second-order valence-electron chi connectivity index (χ2n) is 0.996. The van der Waals surface area contributed by atoms with Gasteiger partial charge in [-0.1, -0.05) is 0 Å². The van der Waals surface area contributed by atoms with Gasteiger partial charge in [0.1, 0.15) is 5.88 Å². The molecule has 0 saturated carbocycles. The first-order chi connectivity index (χ1) is 2.89. The van der Waals surface area contributed by atoms with Crippen LogP contribution in [0.5, 0.6) is 0 Å². The van der Waals surface area contributed by atoms with Gasteiger partial charge in [-0.15, -0.1) is 11.8 Å². The van der Waals surface area contributed by atoms with Gasteiger partial charge in [-0.3, -0.25) is 4.79 Å². The van der Waals surface area contributed by atoms with Crippen molar-refractivity contribution in [1.82, 2.24) is 5.32 Å². The number of thioether (sulfide) groups is 1. The van der Waals surface area contributed by atoms with Crippen molar-refractivity contribution in [2.24, 2.45) is 0 Å². The molecule has 0 aromatic carbocycles. The van der Waals surface area contributed by atoms with Crippen molar-refractivity contribution < 1.29 is 4.79 Å². The number of amides is 1. The van der Waals surface area contributed by atoms with Crippen molar-refractivity contribution in [3.05, 3.63) is 5.88 Å². The topological polar surface area (TPSA) is 29.1 Å². The van der Waals surface area contributed by atoms with E-state index in [9.17, 15) is 4.79 Å². The third-order valence-electron chi connectivity index (χ3n) is 0.518. The van der Waals surface area contributed by atoms with Crippen molar-refractivity contribution in [2.45, 2.75) is 0 Å². The molecule has 1 heterocycles. The molecular weight excluding hydrogens is 98.1 g/mol. The summed E-state index contributed by atoms with van der Waals surface area (Å²) in [7, 11) is 0. The Labute approximate surface area is 40.3 Å². The van der Waals surface area contributed by atoms with Crippen LogP contribution in [0.1, 0.15) is 0 Å². The lowest BCUT2D eigenvalue weighted by Crippen LogP contribution is -2.11. The van der Waals surface area contributed by atoms with E-state index >= 15 is 0 Å². The Morgan fingerprint density at radius 1 is 2.00 bits per heavy atom. The van der Waals surface area contributed by atoms with E-state index in [4.69, 9.17) is 0 Å². The summed E-state index contributed by atoms with van der Waals surface area (Å²) in [5.74, 6) is 2.41. The lowest BCUT2D eigenvalue weighted by molar-refractivity contribution is -0.117. The summed E-state index contributed by atoms with van der Waals surface area (Å²) in [4.78, 5) is 10.1. The fourth-order valence-corrected chi connectivity index (χ4v) is 0.799. The Bertz CT molecular complexity index is 65.2. The number of rotatable bonds is 0. The van der Waals surface area contributed by atoms with E-state index in [1.165, 1.54) is 11.8 Å². The predicted molar refractivity (Wildman–Crippen MR) is 24.9 cm³/mol.